The fourth-order valence-electron chi connectivity index (χ4n) is 1.93. The molecule has 7 nitrogen and oxygen atoms in total. The van der Waals surface area contributed by atoms with Crippen LogP contribution >= 0.6 is 0 Å². The van der Waals surface area contributed by atoms with Crippen molar-refractivity contribution in [3.63, 3.8) is 0 Å². The van der Waals surface area contributed by atoms with Gasteiger partial charge in [-0.25, -0.2) is 9.59 Å². The van der Waals surface area contributed by atoms with Crippen LogP contribution in [0.5, 0.6) is 0 Å². The van der Waals surface area contributed by atoms with Crippen molar-refractivity contribution in [3.8, 4) is 0 Å². The standard InChI is InChI=1S/C11H20N2O5/c1-7(8-2-4-18-5-3-8)12-11(17)13-9(6-14)10(15)16/h7-9,14H,2-6H2,1H3,(H,15,16)(H2,12,13,17)/t7?,9-/m1/s1. The van der Waals surface area contributed by atoms with Gasteiger partial charge in [-0.15, -0.1) is 0 Å². The van der Waals surface area contributed by atoms with Gasteiger partial charge in [0, 0.05) is 19.3 Å². The normalized spacial score (nSPS) is 19.9. The third-order valence-corrected chi connectivity index (χ3v) is 3.12. The van der Waals surface area contributed by atoms with Gasteiger partial charge in [0.1, 0.15) is 0 Å². The van der Waals surface area contributed by atoms with Gasteiger partial charge in [-0.3, -0.25) is 0 Å². The summed E-state index contributed by atoms with van der Waals surface area (Å²) in [5, 5.41) is 22.4. The summed E-state index contributed by atoms with van der Waals surface area (Å²) in [4.78, 5) is 22.2. The summed E-state index contributed by atoms with van der Waals surface area (Å²) in [7, 11) is 0. The summed E-state index contributed by atoms with van der Waals surface area (Å²) >= 11 is 0. The van der Waals surface area contributed by atoms with E-state index >= 15 is 0 Å². The monoisotopic (exact) mass is 260 g/mol. The number of aliphatic carboxylic acids is 1. The molecule has 0 aliphatic carbocycles. The summed E-state index contributed by atoms with van der Waals surface area (Å²) in [6.07, 6.45) is 1.76. The van der Waals surface area contributed by atoms with Crippen molar-refractivity contribution >= 4 is 12.0 Å². The van der Waals surface area contributed by atoms with Crippen LogP contribution in [-0.2, 0) is 9.53 Å². The quantitative estimate of drug-likeness (QED) is 0.535. The van der Waals surface area contributed by atoms with Crippen LogP contribution < -0.4 is 10.6 Å². The second-order valence-corrected chi connectivity index (χ2v) is 4.43. The largest absolute Gasteiger partial charge is 0.480 e. The van der Waals surface area contributed by atoms with E-state index < -0.39 is 24.6 Å². The number of carboxylic acid groups (broad SMARTS) is 1. The van der Waals surface area contributed by atoms with Crippen LogP contribution in [0.1, 0.15) is 19.8 Å². The van der Waals surface area contributed by atoms with Crippen molar-refractivity contribution < 1.29 is 24.5 Å². The van der Waals surface area contributed by atoms with Gasteiger partial charge in [-0.2, -0.15) is 0 Å². The van der Waals surface area contributed by atoms with Crippen LogP contribution in [0.15, 0.2) is 0 Å². The number of aliphatic hydroxyl groups is 1. The molecule has 0 bridgehead atoms. The highest BCUT2D eigenvalue weighted by molar-refractivity contribution is 5.82. The molecule has 0 aromatic rings. The molecule has 0 saturated carbocycles. The van der Waals surface area contributed by atoms with Gasteiger partial charge in [0.15, 0.2) is 6.04 Å². The highest BCUT2D eigenvalue weighted by Gasteiger charge is 2.24. The highest BCUT2D eigenvalue weighted by atomic mass is 16.5. The minimum atomic E-state index is -1.27. The van der Waals surface area contributed by atoms with Crippen molar-refractivity contribution in [3.05, 3.63) is 0 Å². The van der Waals surface area contributed by atoms with E-state index in [0.29, 0.717) is 19.1 Å². The Hall–Kier alpha value is -1.34. The van der Waals surface area contributed by atoms with Crippen LogP contribution in [0.4, 0.5) is 4.79 Å². The van der Waals surface area contributed by atoms with Crippen LogP contribution in [0.25, 0.3) is 0 Å². The Balaban J connectivity index is 2.36. The van der Waals surface area contributed by atoms with E-state index in [9.17, 15) is 9.59 Å². The summed E-state index contributed by atoms with van der Waals surface area (Å²) in [6, 6.07) is -1.90. The van der Waals surface area contributed by atoms with Gasteiger partial charge in [0.05, 0.1) is 6.61 Å². The van der Waals surface area contributed by atoms with Gasteiger partial charge in [0.25, 0.3) is 0 Å². The Morgan fingerprint density at radius 3 is 2.44 bits per heavy atom. The zero-order chi connectivity index (χ0) is 13.5. The minimum absolute atomic E-state index is 0.0537. The van der Waals surface area contributed by atoms with Gasteiger partial charge in [-0.05, 0) is 25.7 Å². The highest BCUT2D eigenvalue weighted by Crippen LogP contribution is 2.18. The van der Waals surface area contributed by atoms with E-state index in [4.69, 9.17) is 14.9 Å². The number of ether oxygens (including phenoxy) is 1. The van der Waals surface area contributed by atoms with Gasteiger partial charge in [0.2, 0.25) is 0 Å². The smallest absolute Gasteiger partial charge is 0.328 e. The number of aliphatic hydroxyl groups excluding tert-OH is 1. The fourth-order valence-corrected chi connectivity index (χ4v) is 1.93. The summed E-state index contributed by atoms with van der Waals surface area (Å²) in [6.45, 7) is 2.62. The number of carbonyl (C=O) groups excluding carboxylic acids is 1. The molecule has 4 N–H and O–H groups in total. The number of rotatable bonds is 5. The zero-order valence-electron chi connectivity index (χ0n) is 10.4. The summed E-state index contributed by atoms with van der Waals surface area (Å²) in [5.74, 6) is -0.923. The predicted molar refractivity (Wildman–Crippen MR) is 63.2 cm³/mol. The lowest BCUT2D eigenvalue weighted by Gasteiger charge is -2.28. The maximum absolute atomic E-state index is 11.5. The number of carboxylic acids is 1. The van der Waals surface area contributed by atoms with Gasteiger partial charge >= 0.3 is 12.0 Å². The molecule has 1 aliphatic rings. The van der Waals surface area contributed by atoms with Gasteiger partial charge in [-0.1, -0.05) is 0 Å². The zero-order valence-corrected chi connectivity index (χ0v) is 10.4. The average molecular weight is 260 g/mol. The Labute approximate surface area is 106 Å². The van der Waals surface area contributed by atoms with Crippen molar-refractivity contribution in [2.75, 3.05) is 19.8 Å². The number of urea groups is 1. The molecule has 2 amide bonds. The first-order valence-electron chi connectivity index (χ1n) is 6.03. The third-order valence-electron chi connectivity index (χ3n) is 3.12. The van der Waals surface area contributed by atoms with Crippen molar-refractivity contribution in [2.45, 2.75) is 31.8 Å². The molecule has 0 radical (unpaired) electrons. The predicted octanol–water partition coefficient (Wildman–Crippen LogP) is -0.454. The molecule has 18 heavy (non-hydrogen) atoms. The Bertz CT molecular complexity index is 291. The SMILES string of the molecule is CC(NC(=O)N[C@H](CO)C(=O)O)C1CCOCC1. The molecule has 1 fully saturated rings. The molecule has 1 unspecified atom stereocenters. The second kappa shape index (κ2) is 7.17. The molecule has 1 aliphatic heterocycles. The van der Waals surface area contributed by atoms with E-state index in [2.05, 4.69) is 10.6 Å². The molecular formula is C11H20N2O5. The minimum Gasteiger partial charge on any atom is -0.480 e. The van der Waals surface area contributed by atoms with E-state index in [1.807, 2.05) is 6.92 Å². The van der Waals surface area contributed by atoms with E-state index in [1.165, 1.54) is 0 Å². The molecule has 0 aromatic carbocycles. The maximum Gasteiger partial charge on any atom is 0.328 e. The van der Waals surface area contributed by atoms with E-state index in [-0.39, 0.29) is 6.04 Å². The molecule has 1 saturated heterocycles. The number of carbonyl (C=O) groups is 2. The molecule has 2 atom stereocenters. The van der Waals surface area contributed by atoms with Gasteiger partial charge < -0.3 is 25.6 Å². The lowest BCUT2D eigenvalue weighted by molar-refractivity contribution is -0.140. The van der Waals surface area contributed by atoms with Crippen LogP contribution in [0.2, 0.25) is 0 Å². The molecular weight excluding hydrogens is 240 g/mol. The number of hydrogen-bond acceptors (Lipinski definition) is 4. The van der Waals surface area contributed by atoms with E-state index in [0.717, 1.165) is 12.8 Å². The van der Waals surface area contributed by atoms with E-state index in [1.54, 1.807) is 0 Å². The number of nitrogens with one attached hydrogen (secondary N) is 2. The summed E-state index contributed by atoms with van der Waals surface area (Å²) in [5.41, 5.74) is 0. The van der Waals surface area contributed by atoms with Crippen LogP contribution in [-0.4, -0.2) is 54.1 Å². The lowest BCUT2D eigenvalue weighted by Crippen LogP contribution is -2.51. The second-order valence-electron chi connectivity index (χ2n) is 4.43. The van der Waals surface area contributed by atoms with Crippen molar-refractivity contribution in [1.29, 1.82) is 0 Å². The first-order valence-corrected chi connectivity index (χ1v) is 6.03. The number of hydrogen-bond donors (Lipinski definition) is 4. The molecule has 1 rings (SSSR count). The number of amides is 2. The third kappa shape index (κ3) is 4.50. The topological polar surface area (TPSA) is 108 Å². The Morgan fingerprint density at radius 1 is 1.33 bits per heavy atom. The van der Waals surface area contributed by atoms with Crippen LogP contribution in [0.3, 0.4) is 0 Å². The fraction of sp³-hybridized carbons (Fsp3) is 0.818. The van der Waals surface area contributed by atoms with Crippen molar-refractivity contribution in [1.82, 2.24) is 10.6 Å². The Morgan fingerprint density at radius 2 is 1.94 bits per heavy atom. The van der Waals surface area contributed by atoms with Crippen LogP contribution in [0, 0.1) is 5.92 Å². The molecule has 7 heteroatoms. The first kappa shape index (κ1) is 14.7. The summed E-state index contributed by atoms with van der Waals surface area (Å²) < 4.78 is 5.23. The van der Waals surface area contributed by atoms with Crippen molar-refractivity contribution in [2.24, 2.45) is 5.92 Å². The molecule has 0 spiro atoms. The lowest BCUT2D eigenvalue weighted by atomic mass is 9.93. The maximum atomic E-state index is 11.5. The molecule has 0 aromatic heterocycles. The molecule has 104 valence electrons. The first-order chi connectivity index (χ1) is 8.54. The molecule has 1 heterocycles. The Kier molecular flexibility index (Phi) is 5.87. The average Bonchev–Trinajstić information content (AvgIpc) is 2.36.